The van der Waals surface area contributed by atoms with E-state index in [2.05, 4.69) is 38.0 Å². The van der Waals surface area contributed by atoms with E-state index >= 15 is 4.39 Å². The van der Waals surface area contributed by atoms with Crippen molar-refractivity contribution >= 4 is 32.8 Å². The minimum absolute atomic E-state index is 0.107. The summed E-state index contributed by atoms with van der Waals surface area (Å²) in [4.78, 5) is 4.02. The number of hydrogen-bond acceptors (Lipinski definition) is 2. The Morgan fingerprint density at radius 3 is 2.39 bits per heavy atom. The molecule has 0 aliphatic heterocycles. The second-order valence-electron chi connectivity index (χ2n) is 8.55. The SMILES string of the molecule is Cc1cc(-c2c(C)cc(F)c3c2oc2nc(F)c4ccccc4c23)[n+](C)cc1C(C)C. The summed E-state index contributed by atoms with van der Waals surface area (Å²) in [6, 6.07) is 10.6. The van der Waals surface area contributed by atoms with E-state index in [9.17, 15) is 4.39 Å². The second-order valence-corrected chi connectivity index (χ2v) is 8.55. The van der Waals surface area contributed by atoms with Crippen molar-refractivity contribution < 1.29 is 17.8 Å². The van der Waals surface area contributed by atoms with Crippen molar-refractivity contribution in [1.82, 2.24) is 4.98 Å². The van der Waals surface area contributed by atoms with Crippen LogP contribution in [0.15, 0.2) is 47.0 Å². The van der Waals surface area contributed by atoms with Gasteiger partial charge in [0.25, 0.3) is 0 Å². The minimum atomic E-state index is -0.622. The summed E-state index contributed by atoms with van der Waals surface area (Å²) >= 11 is 0. The Balaban J connectivity index is 1.95. The summed E-state index contributed by atoms with van der Waals surface area (Å²) in [5.41, 5.74) is 5.36. The first-order valence-corrected chi connectivity index (χ1v) is 10.4. The number of nitrogens with zero attached hydrogens (tertiary/aromatic N) is 2. The van der Waals surface area contributed by atoms with Crippen LogP contribution in [0.4, 0.5) is 8.78 Å². The fourth-order valence-corrected chi connectivity index (χ4v) is 4.64. The zero-order valence-corrected chi connectivity index (χ0v) is 18.2. The lowest BCUT2D eigenvalue weighted by Crippen LogP contribution is -2.32. The molecule has 5 rings (SSSR count). The van der Waals surface area contributed by atoms with Gasteiger partial charge in [0.05, 0.1) is 16.3 Å². The van der Waals surface area contributed by atoms with Crippen LogP contribution in [0.5, 0.6) is 0 Å². The van der Waals surface area contributed by atoms with Crippen molar-refractivity contribution in [2.45, 2.75) is 33.6 Å². The monoisotopic (exact) mass is 417 g/mol. The van der Waals surface area contributed by atoms with Crippen LogP contribution in [0.1, 0.15) is 36.5 Å². The molecule has 5 heteroatoms. The molecule has 0 fully saturated rings. The number of halogens is 2. The number of benzene rings is 2. The predicted octanol–water partition coefficient (Wildman–Crippen LogP) is 6.64. The quantitative estimate of drug-likeness (QED) is 0.238. The molecule has 0 spiro atoms. The highest BCUT2D eigenvalue weighted by Crippen LogP contribution is 2.41. The van der Waals surface area contributed by atoms with Crippen LogP contribution in [-0.4, -0.2) is 4.98 Å². The summed E-state index contributed by atoms with van der Waals surface area (Å²) in [6.45, 7) is 8.27. The lowest BCUT2D eigenvalue weighted by atomic mass is 9.95. The van der Waals surface area contributed by atoms with Crippen molar-refractivity contribution in [3.63, 3.8) is 0 Å². The van der Waals surface area contributed by atoms with Gasteiger partial charge in [0, 0.05) is 17.0 Å². The average molecular weight is 417 g/mol. The van der Waals surface area contributed by atoms with E-state index in [1.165, 1.54) is 11.6 Å². The highest BCUT2D eigenvalue weighted by atomic mass is 19.1. The molecule has 0 saturated carbocycles. The van der Waals surface area contributed by atoms with E-state index in [0.717, 1.165) is 22.4 Å². The molecule has 0 bridgehead atoms. The molecular weight excluding hydrogens is 394 g/mol. The molecule has 31 heavy (non-hydrogen) atoms. The first-order chi connectivity index (χ1) is 14.8. The Morgan fingerprint density at radius 1 is 0.968 bits per heavy atom. The molecule has 0 aliphatic carbocycles. The number of pyridine rings is 2. The molecule has 2 aromatic carbocycles. The van der Waals surface area contributed by atoms with Gasteiger partial charge in [0.1, 0.15) is 12.9 Å². The molecule has 156 valence electrons. The first-order valence-electron chi connectivity index (χ1n) is 10.4. The lowest BCUT2D eigenvalue weighted by molar-refractivity contribution is -0.660. The minimum Gasteiger partial charge on any atom is -0.437 e. The zero-order chi connectivity index (χ0) is 22.0. The second kappa shape index (κ2) is 6.84. The van der Waals surface area contributed by atoms with E-state index in [1.54, 1.807) is 24.3 Å². The van der Waals surface area contributed by atoms with Crippen molar-refractivity contribution in [3.8, 4) is 11.3 Å². The van der Waals surface area contributed by atoms with E-state index in [-0.39, 0.29) is 5.71 Å². The number of fused-ring (bicyclic) bond motifs is 5. The summed E-state index contributed by atoms with van der Waals surface area (Å²) in [5.74, 6) is -0.630. The maximum absolute atomic E-state index is 15.3. The smallest absolute Gasteiger partial charge is 0.230 e. The maximum atomic E-state index is 15.3. The molecule has 0 amide bonds. The third-order valence-corrected chi connectivity index (χ3v) is 6.11. The molecule has 0 atom stereocenters. The van der Waals surface area contributed by atoms with Crippen molar-refractivity contribution in [3.05, 3.63) is 71.1 Å². The van der Waals surface area contributed by atoms with Crippen molar-refractivity contribution in [2.24, 2.45) is 7.05 Å². The van der Waals surface area contributed by atoms with Crippen molar-refractivity contribution in [2.75, 3.05) is 0 Å². The molecule has 5 aromatic rings. The largest absolute Gasteiger partial charge is 0.437 e. The highest BCUT2D eigenvalue weighted by molar-refractivity contribution is 6.19. The van der Waals surface area contributed by atoms with Crippen LogP contribution in [0, 0.1) is 25.6 Å². The maximum Gasteiger partial charge on any atom is 0.230 e. The van der Waals surface area contributed by atoms with E-state index in [1.807, 2.05) is 18.5 Å². The summed E-state index contributed by atoms with van der Waals surface area (Å²) in [5, 5.41) is 1.78. The van der Waals surface area contributed by atoms with Gasteiger partial charge in [-0.3, -0.25) is 0 Å². The van der Waals surface area contributed by atoms with Crippen LogP contribution in [0.3, 0.4) is 0 Å². The van der Waals surface area contributed by atoms with E-state index in [4.69, 9.17) is 4.42 Å². The van der Waals surface area contributed by atoms with E-state index in [0.29, 0.717) is 33.0 Å². The Labute approximate surface area is 178 Å². The van der Waals surface area contributed by atoms with Crippen LogP contribution in [-0.2, 0) is 7.05 Å². The summed E-state index contributed by atoms with van der Waals surface area (Å²) in [6.07, 6.45) is 2.11. The van der Waals surface area contributed by atoms with Crippen molar-refractivity contribution in [1.29, 1.82) is 0 Å². The number of furan rings is 1. The zero-order valence-electron chi connectivity index (χ0n) is 18.2. The van der Waals surface area contributed by atoms with Gasteiger partial charge < -0.3 is 4.42 Å². The van der Waals surface area contributed by atoms with Gasteiger partial charge in [-0.15, -0.1) is 0 Å². The van der Waals surface area contributed by atoms with Crippen LogP contribution in [0.25, 0.3) is 44.1 Å². The molecule has 3 aromatic heterocycles. The molecule has 0 N–H and O–H groups in total. The summed E-state index contributed by atoms with van der Waals surface area (Å²) < 4.78 is 38.0. The molecular formula is C26H23F2N2O+. The van der Waals surface area contributed by atoms with Gasteiger partial charge in [-0.1, -0.05) is 32.0 Å². The topological polar surface area (TPSA) is 29.9 Å². The Hall–Kier alpha value is -3.34. The highest BCUT2D eigenvalue weighted by Gasteiger charge is 2.26. The molecule has 3 heterocycles. The van der Waals surface area contributed by atoms with Gasteiger partial charge in [0.15, 0.2) is 11.8 Å². The molecule has 0 aliphatic rings. The predicted molar refractivity (Wildman–Crippen MR) is 119 cm³/mol. The van der Waals surface area contributed by atoms with Gasteiger partial charge in [-0.05, 0) is 48.4 Å². The number of aromatic nitrogens is 2. The standard InChI is InChI=1S/C26H23F2N2O/c1-13(2)18-12-30(5)20(11-14(18)3)21-15(4)10-19(27)23-22-16-8-6-7-9-17(16)25(28)29-26(22)31-24(21)23/h6-13H,1-5H3/q+1. The third kappa shape index (κ3) is 2.83. The molecule has 0 unspecified atom stereocenters. The van der Waals surface area contributed by atoms with Gasteiger partial charge in [-0.25, -0.2) is 8.96 Å². The van der Waals surface area contributed by atoms with Crippen LogP contribution >= 0.6 is 0 Å². The Morgan fingerprint density at radius 2 is 1.68 bits per heavy atom. The Bertz CT molecular complexity index is 1520. The first kappa shape index (κ1) is 19.6. The van der Waals surface area contributed by atoms with Gasteiger partial charge >= 0.3 is 0 Å². The lowest BCUT2D eigenvalue weighted by Gasteiger charge is -2.12. The average Bonchev–Trinajstić information content (AvgIpc) is 3.09. The van der Waals surface area contributed by atoms with Crippen LogP contribution in [0.2, 0.25) is 0 Å². The fraction of sp³-hybridized carbons (Fsp3) is 0.231. The van der Waals surface area contributed by atoms with Gasteiger partial charge in [-0.2, -0.15) is 9.37 Å². The normalized spacial score (nSPS) is 12.0. The van der Waals surface area contributed by atoms with Gasteiger partial charge in [0.2, 0.25) is 17.4 Å². The van der Waals surface area contributed by atoms with Crippen LogP contribution < -0.4 is 4.57 Å². The fourth-order valence-electron chi connectivity index (χ4n) is 4.64. The number of aryl methyl sites for hydroxylation is 3. The molecule has 0 radical (unpaired) electrons. The molecule has 0 saturated heterocycles. The summed E-state index contributed by atoms with van der Waals surface area (Å²) in [7, 11) is 1.98. The third-order valence-electron chi connectivity index (χ3n) is 6.11. The Kier molecular flexibility index (Phi) is 4.33. The molecule has 3 nitrogen and oxygen atoms in total. The number of rotatable bonds is 2. The van der Waals surface area contributed by atoms with E-state index < -0.39 is 11.8 Å². The number of hydrogen-bond donors (Lipinski definition) is 0.